The number of ether oxygens (including phenoxy) is 3. The SMILES string of the molecule is CCOc1cc(Br)c(CC(=O)Nc2cc(NC(C)=O)ccc2OC)cc1OCC. The molecule has 0 fully saturated rings. The Hall–Kier alpha value is -2.74. The molecule has 2 amide bonds. The molecule has 0 bridgehead atoms. The highest BCUT2D eigenvalue weighted by Crippen LogP contribution is 2.34. The summed E-state index contributed by atoms with van der Waals surface area (Å²) in [7, 11) is 1.51. The Morgan fingerprint density at radius 3 is 2.21 bits per heavy atom. The summed E-state index contributed by atoms with van der Waals surface area (Å²) in [6.45, 7) is 6.20. The van der Waals surface area contributed by atoms with Crippen LogP contribution in [0.2, 0.25) is 0 Å². The van der Waals surface area contributed by atoms with Crippen LogP contribution in [-0.4, -0.2) is 32.1 Å². The Morgan fingerprint density at radius 1 is 0.966 bits per heavy atom. The van der Waals surface area contributed by atoms with Gasteiger partial charge in [0.1, 0.15) is 5.75 Å². The van der Waals surface area contributed by atoms with Crippen molar-refractivity contribution in [2.24, 2.45) is 0 Å². The topological polar surface area (TPSA) is 85.9 Å². The second-order valence-corrected chi connectivity index (χ2v) is 6.93. The number of anilines is 2. The van der Waals surface area contributed by atoms with Gasteiger partial charge in [-0.25, -0.2) is 0 Å². The van der Waals surface area contributed by atoms with E-state index in [0.29, 0.717) is 41.8 Å². The van der Waals surface area contributed by atoms with Crippen LogP contribution in [0.15, 0.2) is 34.8 Å². The molecule has 0 aliphatic carbocycles. The van der Waals surface area contributed by atoms with Gasteiger partial charge in [0, 0.05) is 17.1 Å². The number of hydrogen-bond donors (Lipinski definition) is 2. The third-order valence-corrected chi connectivity index (χ3v) is 4.60. The molecule has 0 radical (unpaired) electrons. The molecule has 0 unspecified atom stereocenters. The molecule has 7 nitrogen and oxygen atoms in total. The van der Waals surface area contributed by atoms with Crippen LogP contribution in [0.3, 0.4) is 0 Å². The molecule has 2 aromatic rings. The lowest BCUT2D eigenvalue weighted by Crippen LogP contribution is -2.16. The van der Waals surface area contributed by atoms with Crippen molar-refractivity contribution in [3.05, 3.63) is 40.4 Å². The van der Waals surface area contributed by atoms with E-state index in [1.807, 2.05) is 13.8 Å². The van der Waals surface area contributed by atoms with Gasteiger partial charge in [-0.1, -0.05) is 15.9 Å². The lowest BCUT2D eigenvalue weighted by Gasteiger charge is -2.15. The molecule has 0 heterocycles. The predicted octanol–water partition coefficient (Wildman–Crippen LogP) is 4.39. The zero-order valence-corrected chi connectivity index (χ0v) is 18.5. The standard InChI is InChI=1S/C21H25BrN2O5/c1-5-28-19-9-14(16(22)12-20(19)29-6-2)10-21(26)24-17-11-15(23-13(3)25)7-8-18(17)27-4/h7-9,11-12H,5-6,10H2,1-4H3,(H,23,25)(H,24,26). The highest BCUT2D eigenvalue weighted by atomic mass is 79.9. The number of carbonyl (C=O) groups is 2. The molecule has 0 saturated heterocycles. The highest BCUT2D eigenvalue weighted by Gasteiger charge is 2.15. The summed E-state index contributed by atoms with van der Waals surface area (Å²) < 4.78 is 17.3. The summed E-state index contributed by atoms with van der Waals surface area (Å²) in [6, 6.07) is 8.63. The average molecular weight is 465 g/mol. The number of halogens is 1. The smallest absolute Gasteiger partial charge is 0.228 e. The van der Waals surface area contributed by atoms with Crippen molar-refractivity contribution in [1.82, 2.24) is 0 Å². The van der Waals surface area contributed by atoms with E-state index in [1.54, 1.807) is 30.3 Å². The van der Waals surface area contributed by atoms with Crippen molar-refractivity contribution in [2.75, 3.05) is 31.0 Å². The Bertz CT molecular complexity index is 886. The second kappa shape index (κ2) is 10.7. The van der Waals surface area contributed by atoms with Crippen molar-refractivity contribution in [3.8, 4) is 17.2 Å². The summed E-state index contributed by atoms with van der Waals surface area (Å²) in [5.74, 6) is 1.26. The van der Waals surface area contributed by atoms with E-state index in [2.05, 4.69) is 26.6 Å². The third kappa shape index (κ3) is 6.39. The third-order valence-electron chi connectivity index (χ3n) is 3.86. The first kappa shape index (κ1) is 22.5. The summed E-state index contributed by atoms with van der Waals surface area (Å²) in [6.07, 6.45) is 0.112. The van der Waals surface area contributed by atoms with Crippen LogP contribution in [-0.2, 0) is 16.0 Å². The molecule has 0 atom stereocenters. The minimum Gasteiger partial charge on any atom is -0.495 e. The first-order valence-electron chi connectivity index (χ1n) is 9.21. The fraction of sp³-hybridized carbons (Fsp3) is 0.333. The Kier molecular flexibility index (Phi) is 8.33. The predicted molar refractivity (Wildman–Crippen MR) is 116 cm³/mol. The number of hydrogen-bond acceptors (Lipinski definition) is 5. The van der Waals surface area contributed by atoms with Gasteiger partial charge in [-0.05, 0) is 49.7 Å². The van der Waals surface area contributed by atoms with Gasteiger partial charge in [-0.2, -0.15) is 0 Å². The largest absolute Gasteiger partial charge is 0.495 e. The highest BCUT2D eigenvalue weighted by molar-refractivity contribution is 9.10. The molecular formula is C21H25BrN2O5. The van der Waals surface area contributed by atoms with Crippen molar-refractivity contribution < 1.29 is 23.8 Å². The second-order valence-electron chi connectivity index (χ2n) is 6.08. The van der Waals surface area contributed by atoms with Crippen molar-refractivity contribution in [2.45, 2.75) is 27.2 Å². The molecule has 156 valence electrons. The van der Waals surface area contributed by atoms with E-state index in [1.165, 1.54) is 14.0 Å². The van der Waals surface area contributed by atoms with Crippen LogP contribution in [0, 0.1) is 0 Å². The first-order valence-corrected chi connectivity index (χ1v) is 10.0. The van der Waals surface area contributed by atoms with Gasteiger partial charge in [0.25, 0.3) is 0 Å². The molecule has 29 heavy (non-hydrogen) atoms. The Balaban J connectivity index is 2.22. The molecule has 0 saturated carbocycles. The van der Waals surface area contributed by atoms with Gasteiger partial charge >= 0.3 is 0 Å². The number of methoxy groups -OCH3 is 1. The van der Waals surface area contributed by atoms with E-state index in [4.69, 9.17) is 14.2 Å². The summed E-state index contributed by atoms with van der Waals surface area (Å²) in [4.78, 5) is 24.0. The number of rotatable bonds is 9. The number of carbonyl (C=O) groups excluding carboxylic acids is 2. The van der Waals surface area contributed by atoms with Crippen LogP contribution in [0.5, 0.6) is 17.2 Å². The lowest BCUT2D eigenvalue weighted by atomic mass is 10.1. The molecule has 0 aliphatic rings. The maximum absolute atomic E-state index is 12.7. The van der Waals surface area contributed by atoms with Crippen LogP contribution >= 0.6 is 15.9 Å². The summed E-state index contributed by atoms with van der Waals surface area (Å²) in [5.41, 5.74) is 1.79. The Labute approximate surface area is 178 Å². The van der Waals surface area contributed by atoms with E-state index in [0.717, 1.165) is 10.0 Å². The zero-order chi connectivity index (χ0) is 21.4. The molecule has 2 rings (SSSR count). The Morgan fingerprint density at radius 2 is 1.62 bits per heavy atom. The van der Waals surface area contributed by atoms with Gasteiger partial charge < -0.3 is 24.8 Å². The molecule has 0 spiro atoms. The van der Waals surface area contributed by atoms with Crippen molar-refractivity contribution >= 4 is 39.1 Å². The lowest BCUT2D eigenvalue weighted by molar-refractivity contribution is -0.116. The molecule has 0 aliphatic heterocycles. The van der Waals surface area contributed by atoms with Gasteiger partial charge in [0.15, 0.2) is 11.5 Å². The van der Waals surface area contributed by atoms with Crippen LogP contribution < -0.4 is 24.8 Å². The van der Waals surface area contributed by atoms with Gasteiger partial charge in [0.2, 0.25) is 11.8 Å². The van der Waals surface area contributed by atoms with Gasteiger partial charge in [0.05, 0.1) is 32.4 Å². The quantitative estimate of drug-likeness (QED) is 0.574. The number of benzene rings is 2. The number of amides is 2. The van der Waals surface area contributed by atoms with Gasteiger partial charge in [-0.15, -0.1) is 0 Å². The monoisotopic (exact) mass is 464 g/mol. The first-order chi connectivity index (χ1) is 13.9. The van der Waals surface area contributed by atoms with E-state index >= 15 is 0 Å². The summed E-state index contributed by atoms with van der Waals surface area (Å²) >= 11 is 3.50. The van der Waals surface area contributed by atoms with Crippen LogP contribution in [0.1, 0.15) is 26.3 Å². The molecular weight excluding hydrogens is 440 g/mol. The average Bonchev–Trinajstić information content (AvgIpc) is 2.65. The molecule has 8 heteroatoms. The summed E-state index contributed by atoms with van der Waals surface area (Å²) in [5, 5.41) is 5.52. The van der Waals surface area contributed by atoms with E-state index in [9.17, 15) is 9.59 Å². The van der Waals surface area contributed by atoms with Crippen LogP contribution in [0.4, 0.5) is 11.4 Å². The molecule has 2 N–H and O–H groups in total. The fourth-order valence-electron chi connectivity index (χ4n) is 2.70. The van der Waals surface area contributed by atoms with Crippen molar-refractivity contribution in [1.29, 1.82) is 0 Å². The number of nitrogens with one attached hydrogen (secondary N) is 2. The zero-order valence-electron chi connectivity index (χ0n) is 16.9. The maximum atomic E-state index is 12.7. The normalized spacial score (nSPS) is 10.2. The van der Waals surface area contributed by atoms with Crippen LogP contribution in [0.25, 0.3) is 0 Å². The van der Waals surface area contributed by atoms with Crippen molar-refractivity contribution in [3.63, 3.8) is 0 Å². The maximum Gasteiger partial charge on any atom is 0.228 e. The minimum atomic E-state index is -0.240. The van der Waals surface area contributed by atoms with E-state index in [-0.39, 0.29) is 18.2 Å². The fourth-order valence-corrected chi connectivity index (χ4v) is 3.17. The molecule has 0 aromatic heterocycles. The molecule has 2 aromatic carbocycles. The minimum absolute atomic E-state index is 0.112. The van der Waals surface area contributed by atoms with Gasteiger partial charge in [-0.3, -0.25) is 9.59 Å². The van der Waals surface area contributed by atoms with E-state index < -0.39 is 0 Å².